The van der Waals surface area contributed by atoms with Gasteiger partial charge in [0.2, 0.25) is 0 Å². The molecule has 2 aromatic carbocycles. The normalized spacial score (nSPS) is 20.8. The Morgan fingerprint density at radius 1 is 1.10 bits per heavy atom. The van der Waals surface area contributed by atoms with E-state index < -0.39 is 9.84 Å². The predicted molar refractivity (Wildman–Crippen MR) is 119 cm³/mol. The van der Waals surface area contributed by atoms with Crippen LogP contribution in [-0.4, -0.2) is 54.3 Å². The van der Waals surface area contributed by atoms with Crippen molar-refractivity contribution in [1.82, 2.24) is 15.2 Å². The van der Waals surface area contributed by atoms with Crippen LogP contribution >= 0.6 is 0 Å². The summed E-state index contributed by atoms with van der Waals surface area (Å²) < 4.78 is 25.2. The Labute approximate surface area is 177 Å². The molecule has 2 heterocycles. The van der Waals surface area contributed by atoms with E-state index in [0.717, 1.165) is 16.5 Å². The monoisotopic (exact) mass is 425 g/mol. The maximum absolute atomic E-state index is 13.2. The summed E-state index contributed by atoms with van der Waals surface area (Å²) in [6.07, 6.45) is 0.617. The van der Waals surface area contributed by atoms with Gasteiger partial charge in [0, 0.05) is 36.1 Å². The van der Waals surface area contributed by atoms with Gasteiger partial charge in [-0.25, -0.2) is 8.42 Å². The molecule has 1 aliphatic heterocycles. The summed E-state index contributed by atoms with van der Waals surface area (Å²) in [4.78, 5) is 18.1. The Hall–Kier alpha value is -2.64. The number of benzene rings is 2. The van der Waals surface area contributed by atoms with E-state index in [-0.39, 0.29) is 29.5 Å². The molecule has 4 rings (SSSR count). The van der Waals surface area contributed by atoms with Gasteiger partial charge in [-0.05, 0) is 31.0 Å². The molecule has 1 fully saturated rings. The van der Waals surface area contributed by atoms with Crippen molar-refractivity contribution in [3.63, 3.8) is 0 Å². The number of hydrogen-bond acceptors (Lipinski definition) is 4. The van der Waals surface area contributed by atoms with Gasteiger partial charge >= 0.3 is 0 Å². The molecule has 1 amide bonds. The van der Waals surface area contributed by atoms with Crippen molar-refractivity contribution in [2.45, 2.75) is 32.0 Å². The van der Waals surface area contributed by atoms with E-state index in [2.05, 4.69) is 10.3 Å². The Kier molecular flexibility index (Phi) is 5.92. The van der Waals surface area contributed by atoms with Crippen LogP contribution in [0.3, 0.4) is 0 Å². The lowest BCUT2D eigenvalue weighted by Crippen LogP contribution is -2.53. The number of nitrogens with zero attached hydrogens (tertiary/aromatic N) is 1. The first-order valence-electron chi connectivity index (χ1n) is 10.3. The van der Waals surface area contributed by atoms with Gasteiger partial charge in [-0.1, -0.05) is 48.5 Å². The fourth-order valence-electron chi connectivity index (χ4n) is 4.26. The van der Waals surface area contributed by atoms with Crippen LogP contribution in [0.2, 0.25) is 0 Å². The Bertz CT molecular complexity index is 1090. The number of sulfone groups is 1. The smallest absolute Gasteiger partial charge is 0.270 e. The molecule has 1 saturated heterocycles. The fourth-order valence-corrected chi connectivity index (χ4v) is 6.17. The molecule has 1 aliphatic rings. The highest BCUT2D eigenvalue weighted by atomic mass is 32.2. The van der Waals surface area contributed by atoms with Gasteiger partial charge in [-0.15, -0.1) is 0 Å². The minimum Gasteiger partial charge on any atom is -0.351 e. The zero-order chi connectivity index (χ0) is 21.1. The molecule has 158 valence electrons. The number of H-pyrrole nitrogens is 1. The molecule has 6 nitrogen and oxygen atoms in total. The highest BCUT2D eigenvalue weighted by Crippen LogP contribution is 2.22. The van der Waals surface area contributed by atoms with Gasteiger partial charge in [0.15, 0.2) is 9.84 Å². The van der Waals surface area contributed by atoms with E-state index >= 15 is 0 Å². The van der Waals surface area contributed by atoms with Crippen LogP contribution in [0.4, 0.5) is 0 Å². The number of hydrogen-bond donors (Lipinski definition) is 2. The minimum atomic E-state index is -3.25. The fraction of sp³-hybridized carbons (Fsp3) is 0.348. The van der Waals surface area contributed by atoms with Crippen molar-refractivity contribution in [3.05, 3.63) is 71.9 Å². The number of amides is 1. The lowest BCUT2D eigenvalue weighted by Gasteiger charge is -2.37. The van der Waals surface area contributed by atoms with Crippen LogP contribution in [-0.2, 0) is 16.4 Å². The van der Waals surface area contributed by atoms with Crippen molar-refractivity contribution in [2.75, 3.05) is 18.1 Å². The summed E-state index contributed by atoms with van der Waals surface area (Å²) in [5.74, 6) is -0.0391. The van der Waals surface area contributed by atoms with Crippen molar-refractivity contribution in [1.29, 1.82) is 0 Å². The van der Waals surface area contributed by atoms with E-state index in [4.69, 9.17) is 0 Å². The number of aromatic amines is 1. The van der Waals surface area contributed by atoms with Gasteiger partial charge in [0.1, 0.15) is 5.69 Å². The average molecular weight is 426 g/mol. The van der Waals surface area contributed by atoms with Gasteiger partial charge in [-0.2, -0.15) is 0 Å². The number of carbonyl (C=O) groups excluding carboxylic acids is 1. The van der Waals surface area contributed by atoms with Gasteiger partial charge < -0.3 is 15.2 Å². The second-order valence-corrected chi connectivity index (χ2v) is 10.0. The highest BCUT2D eigenvalue weighted by Gasteiger charge is 2.36. The van der Waals surface area contributed by atoms with Crippen LogP contribution in [0.25, 0.3) is 10.9 Å². The van der Waals surface area contributed by atoms with Crippen molar-refractivity contribution < 1.29 is 13.2 Å². The lowest BCUT2D eigenvalue weighted by molar-refractivity contribution is 0.0682. The molecule has 0 radical (unpaired) electrons. The van der Waals surface area contributed by atoms with Crippen LogP contribution < -0.4 is 5.32 Å². The molecule has 1 aromatic heterocycles. The number of carbonyl (C=O) groups is 1. The largest absolute Gasteiger partial charge is 0.351 e. The lowest BCUT2D eigenvalue weighted by atomic mass is 10.1. The molecule has 0 aliphatic carbocycles. The molecule has 0 unspecified atom stereocenters. The third kappa shape index (κ3) is 4.57. The molecule has 0 bridgehead atoms. The zero-order valence-electron chi connectivity index (χ0n) is 17.0. The molecule has 2 N–H and O–H groups in total. The van der Waals surface area contributed by atoms with Gasteiger partial charge in [0.05, 0.1) is 11.5 Å². The topological polar surface area (TPSA) is 82.3 Å². The Balaban J connectivity index is 1.51. The maximum atomic E-state index is 13.2. The molecule has 7 heteroatoms. The minimum absolute atomic E-state index is 0.0102. The standard InChI is InChI=1S/C23H27N3O3S/c1-2-26(23(27)22-12-18-10-6-7-11-21(18)25-22)20-13-19(15-30(28,29)16-20)24-14-17-8-4-3-5-9-17/h3-12,19-20,24-25H,2,13-16H2,1H3/t19-,20-/m1/s1. The first-order chi connectivity index (χ1) is 14.4. The first-order valence-corrected chi connectivity index (χ1v) is 12.1. The summed E-state index contributed by atoms with van der Waals surface area (Å²) in [6.45, 7) is 2.96. The van der Waals surface area contributed by atoms with Crippen molar-refractivity contribution >= 4 is 26.6 Å². The third-order valence-electron chi connectivity index (χ3n) is 5.70. The molecule has 0 spiro atoms. The highest BCUT2D eigenvalue weighted by molar-refractivity contribution is 7.91. The number of para-hydroxylation sites is 1. The van der Waals surface area contributed by atoms with E-state index in [1.165, 1.54) is 0 Å². The van der Waals surface area contributed by atoms with Crippen LogP contribution in [0.1, 0.15) is 29.4 Å². The van der Waals surface area contributed by atoms with Gasteiger partial charge in [-0.3, -0.25) is 4.79 Å². The second kappa shape index (κ2) is 8.62. The van der Waals surface area contributed by atoms with Crippen LogP contribution in [0.15, 0.2) is 60.7 Å². The maximum Gasteiger partial charge on any atom is 0.270 e. The SMILES string of the molecule is CCN(C(=O)c1cc2ccccc2[nH]1)[C@@H]1C[C@@H](NCc2ccccc2)CS(=O)(=O)C1. The summed E-state index contributed by atoms with van der Waals surface area (Å²) in [5.41, 5.74) is 2.50. The van der Waals surface area contributed by atoms with E-state index in [9.17, 15) is 13.2 Å². The first kappa shape index (κ1) is 20.6. The summed E-state index contributed by atoms with van der Waals surface area (Å²) in [5, 5.41) is 4.35. The van der Waals surface area contributed by atoms with Gasteiger partial charge in [0.25, 0.3) is 5.91 Å². The molecule has 2 atom stereocenters. The Morgan fingerprint density at radius 2 is 1.83 bits per heavy atom. The van der Waals surface area contributed by atoms with Crippen LogP contribution in [0.5, 0.6) is 0 Å². The molecule has 3 aromatic rings. The summed E-state index contributed by atoms with van der Waals surface area (Å²) >= 11 is 0. The average Bonchev–Trinajstić information content (AvgIpc) is 3.17. The van der Waals surface area contributed by atoms with E-state index in [1.54, 1.807) is 4.90 Å². The number of nitrogens with one attached hydrogen (secondary N) is 2. The number of fused-ring (bicyclic) bond motifs is 1. The van der Waals surface area contributed by atoms with E-state index in [1.807, 2.05) is 67.6 Å². The molecule has 0 saturated carbocycles. The quantitative estimate of drug-likeness (QED) is 0.636. The number of aromatic nitrogens is 1. The molecule has 30 heavy (non-hydrogen) atoms. The molecular weight excluding hydrogens is 398 g/mol. The van der Waals surface area contributed by atoms with Crippen molar-refractivity contribution in [3.8, 4) is 0 Å². The third-order valence-corrected chi connectivity index (χ3v) is 7.50. The Morgan fingerprint density at radius 3 is 2.57 bits per heavy atom. The second-order valence-electron chi connectivity index (χ2n) is 7.89. The zero-order valence-corrected chi connectivity index (χ0v) is 17.9. The van der Waals surface area contributed by atoms with Crippen LogP contribution in [0, 0.1) is 0 Å². The predicted octanol–water partition coefficient (Wildman–Crippen LogP) is 2.98. The molecular formula is C23H27N3O3S. The summed E-state index contributed by atoms with van der Waals surface area (Å²) in [6, 6.07) is 19.0. The van der Waals surface area contributed by atoms with E-state index in [0.29, 0.717) is 25.2 Å². The number of rotatable bonds is 6. The summed E-state index contributed by atoms with van der Waals surface area (Å²) in [7, 11) is -3.25. The van der Waals surface area contributed by atoms with Crippen molar-refractivity contribution in [2.24, 2.45) is 0 Å².